The Morgan fingerprint density at radius 1 is 1.22 bits per heavy atom. The lowest BCUT2D eigenvalue weighted by atomic mass is 10.2. The molecule has 0 radical (unpaired) electrons. The van der Waals surface area contributed by atoms with Crippen LogP contribution in [0.5, 0.6) is 0 Å². The molecule has 5 heteroatoms. The predicted octanol–water partition coefficient (Wildman–Crippen LogP) is 0.969. The molecule has 0 heterocycles. The summed E-state index contributed by atoms with van der Waals surface area (Å²) in [6, 6.07) is 0.0995. The van der Waals surface area contributed by atoms with Gasteiger partial charge in [-0.25, -0.2) is 0 Å². The van der Waals surface area contributed by atoms with Crippen molar-refractivity contribution in [3.8, 4) is 0 Å². The third-order valence-electron chi connectivity index (χ3n) is 2.61. The van der Waals surface area contributed by atoms with Crippen LogP contribution >= 0.6 is 0 Å². The topological polar surface area (TPSA) is 56.8 Å². The van der Waals surface area contributed by atoms with Crippen molar-refractivity contribution in [1.29, 1.82) is 0 Å². The van der Waals surface area contributed by atoms with Crippen molar-refractivity contribution in [2.45, 2.75) is 38.8 Å². The Kier molecular flexibility index (Phi) is 7.23. The zero-order valence-corrected chi connectivity index (χ0v) is 11.6. The summed E-state index contributed by atoms with van der Waals surface area (Å²) in [4.78, 5) is 11.5. The number of hydrogen-bond acceptors (Lipinski definition) is 5. The van der Waals surface area contributed by atoms with Crippen LogP contribution < -0.4 is 5.32 Å². The van der Waals surface area contributed by atoms with Gasteiger partial charge in [0.1, 0.15) is 6.04 Å². The molecule has 106 valence electrons. The third-order valence-corrected chi connectivity index (χ3v) is 2.61. The Labute approximate surface area is 109 Å². The number of nitrogens with one attached hydrogen (secondary N) is 1. The molecule has 1 aliphatic carbocycles. The van der Waals surface area contributed by atoms with Crippen LogP contribution in [-0.2, 0) is 19.0 Å². The zero-order valence-electron chi connectivity index (χ0n) is 11.6. The molecule has 0 saturated heterocycles. The molecule has 1 N–H and O–H groups in total. The van der Waals surface area contributed by atoms with E-state index in [1.54, 1.807) is 0 Å². The quantitative estimate of drug-likeness (QED) is 0.468. The molecule has 1 atom stereocenters. The van der Waals surface area contributed by atoms with Gasteiger partial charge in [-0.2, -0.15) is 0 Å². The van der Waals surface area contributed by atoms with Crippen molar-refractivity contribution < 1.29 is 19.0 Å². The molecule has 1 rings (SSSR count). The minimum atomic E-state index is -0.354. The molecule has 0 aliphatic heterocycles. The van der Waals surface area contributed by atoms with Gasteiger partial charge in [0.25, 0.3) is 0 Å². The molecule has 1 fully saturated rings. The molecule has 0 aromatic rings. The number of ether oxygens (including phenoxy) is 3. The van der Waals surface area contributed by atoms with Crippen molar-refractivity contribution in [2.24, 2.45) is 5.92 Å². The van der Waals surface area contributed by atoms with E-state index in [1.807, 2.05) is 0 Å². The van der Waals surface area contributed by atoms with Gasteiger partial charge >= 0.3 is 5.97 Å². The van der Waals surface area contributed by atoms with E-state index in [-0.39, 0.29) is 12.0 Å². The second kappa shape index (κ2) is 8.45. The van der Waals surface area contributed by atoms with Crippen molar-refractivity contribution in [2.75, 3.05) is 33.5 Å². The van der Waals surface area contributed by atoms with E-state index in [1.165, 1.54) is 7.11 Å². The summed E-state index contributed by atoms with van der Waals surface area (Å²) >= 11 is 0. The molecule has 1 unspecified atom stereocenters. The van der Waals surface area contributed by atoms with Crippen LogP contribution in [0, 0.1) is 5.92 Å². The Balaban J connectivity index is 2.07. The smallest absolute Gasteiger partial charge is 0.325 e. The largest absolute Gasteiger partial charge is 0.468 e. The number of rotatable bonds is 10. The highest BCUT2D eigenvalue weighted by atomic mass is 16.5. The number of methoxy groups -OCH3 is 1. The Bertz CT molecular complexity index is 241. The van der Waals surface area contributed by atoms with Crippen LogP contribution in [0.4, 0.5) is 0 Å². The van der Waals surface area contributed by atoms with Gasteiger partial charge in [-0.15, -0.1) is 0 Å². The maximum absolute atomic E-state index is 11.5. The highest BCUT2D eigenvalue weighted by molar-refractivity contribution is 5.75. The van der Waals surface area contributed by atoms with Gasteiger partial charge in [-0.3, -0.25) is 10.1 Å². The molecular formula is C13H25NO4. The van der Waals surface area contributed by atoms with E-state index >= 15 is 0 Å². The van der Waals surface area contributed by atoms with E-state index in [0.717, 1.165) is 19.4 Å². The first-order valence-electron chi connectivity index (χ1n) is 6.62. The average Bonchev–Trinajstić information content (AvgIpc) is 3.14. The molecule has 1 aliphatic rings. The summed E-state index contributed by atoms with van der Waals surface area (Å²) in [7, 11) is 1.40. The summed E-state index contributed by atoms with van der Waals surface area (Å²) in [5, 5.41) is 3.21. The van der Waals surface area contributed by atoms with Crippen LogP contribution in [-0.4, -0.2) is 51.6 Å². The minimum absolute atomic E-state index is 0.259. The Hall–Kier alpha value is -0.650. The second-order valence-corrected chi connectivity index (χ2v) is 5.06. The average molecular weight is 259 g/mol. The first-order chi connectivity index (χ1) is 8.63. The maximum atomic E-state index is 11.5. The highest BCUT2D eigenvalue weighted by Gasteiger charge is 2.28. The molecular weight excluding hydrogens is 234 g/mol. The maximum Gasteiger partial charge on any atom is 0.325 e. The van der Waals surface area contributed by atoms with Crippen LogP contribution in [0.3, 0.4) is 0 Å². The molecule has 5 nitrogen and oxygen atoms in total. The van der Waals surface area contributed by atoms with Gasteiger partial charge < -0.3 is 14.2 Å². The van der Waals surface area contributed by atoms with Gasteiger partial charge in [-0.1, -0.05) is 13.8 Å². The van der Waals surface area contributed by atoms with E-state index in [4.69, 9.17) is 14.2 Å². The summed E-state index contributed by atoms with van der Waals surface area (Å²) in [5.41, 5.74) is 0. The van der Waals surface area contributed by atoms with Crippen LogP contribution in [0.15, 0.2) is 0 Å². The number of esters is 1. The molecule has 0 amide bonds. The summed E-state index contributed by atoms with van der Waals surface area (Å²) in [5.74, 6) is 0.273. The lowest BCUT2D eigenvalue weighted by Crippen LogP contribution is -2.42. The molecule has 0 bridgehead atoms. The van der Waals surface area contributed by atoms with Gasteiger partial charge in [-0.05, 0) is 18.8 Å². The van der Waals surface area contributed by atoms with Crippen molar-refractivity contribution in [3.05, 3.63) is 0 Å². The highest BCUT2D eigenvalue weighted by Crippen LogP contribution is 2.19. The molecule has 0 spiro atoms. The summed E-state index contributed by atoms with van der Waals surface area (Å²) in [6.07, 6.45) is 2.26. The van der Waals surface area contributed by atoms with E-state index in [0.29, 0.717) is 31.8 Å². The second-order valence-electron chi connectivity index (χ2n) is 5.06. The lowest BCUT2D eigenvalue weighted by molar-refractivity contribution is -0.145. The van der Waals surface area contributed by atoms with Crippen LogP contribution in [0.25, 0.3) is 0 Å². The van der Waals surface area contributed by atoms with Gasteiger partial charge in [0, 0.05) is 12.6 Å². The van der Waals surface area contributed by atoms with Gasteiger partial charge in [0.05, 0.1) is 26.9 Å². The minimum Gasteiger partial charge on any atom is -0.468 e. The predicted molar refractivity (Wildman–Crippen MR) is 68.4 cm³/mol. The Morgan fingerprint density at radius 3 is 2.33 bits per heavy atom. The number of carbonyl (C=O) groups is 1. The SMILES string of the molecule is COC(=O)C(COCCOCC(C)C)NC1CC1. The first-order valence-corrected chi connectivity index (χ1v) is 6.62. The first kappa shape index (κ1) is 15.4. The number of carbonyl (C=O) groups excluding carboxylic acids is 1. The van der Waals surface area contributed by atoms with E-state index < -0.39 is 0 Å². The Morgan fingerprint density at radius 2 is 1.83 bits per heavy atom. The monoisotopic (exact) mass is 259 g/mol. The van der Waals surface area contributed by atoms with Gasteiger partial charge in [0.2, 0.25) is 0 Å². The molecule has 0 aromatic heterocycles. The van der Waals surface area contributed by atoms with Crippen molar-refractivity contribution >= 4 is 5.97 Å². The zero-order chi connectivity index (χ0) is 13.4. The van der Waals surface area contributed by atoms with Crippen LogP contribution in [0.1, 0.15) is 26.7 Å². The standard InChI is InChI=1S/C13H25NO4/c1-10(2)8-17-6-7-18-9-12(13(15)16-3)14-11-4-5-11/h10-12,14H,4-9H2,1-3H3. The summed E-state index contributed by atoms with van der Waals surface area (Å²) < 4.78 is 15.6. The lowest BCUT2D eigenvalue weighted by Gasteiger charge is -2.16. The van der Waals surface area contributed by atoms with Gasteiger partial charge in [0.15, 0.2) is 0 Å². The van der Waals surface area contributed by atoms with Crippen LogP contribution in [0.2, 0.25) is 0 Å². The third kappa shape index (κ3) is 6.93. The van der Waals surface area contributed by atoms with Crippen molar-refractivity contribution in [1.82, 2.24) is 5.32 Å². The fourth-order valence-corrected chi connectivity index (χ4v) is 1.50. The van der Waals surface area contributed by atoms with E-state index in [2.05, 4.69) is 19.2 Å². The summed E-state index contributed by atoms with van der Waals surface area (Å²) in [6.45, 7) is 6.36. The number of hydrogen-bond donors (Lipinski definition) is 1. The van der Waals surface area contributed by atoms with Crippen molar-refractivity contribution in [3.63, 3.8) is 0 Å². The fraction of sp³-hybridized carbons (Fsp3) is 0.923. The van der Waals surface area contributed by atoms with E-state index in [9.17, 15) is 4.79 Å². The molecule has 18 heavy (non-hydrogen) atoms. The normalized spacial score (nSPS) is 16.9. The molecule has 1 saturated carbocycles. The molecule has 0 aromatic carbocycles. The fourth-order valence-electron chi connectivity index (χ4n) is 1.50.